The highest BCUT2D eigenvalue weighted by Gasteiger charge is 2.21. The highest BCUT2D eigenvalue weighted by Crippen LogP contribution is 2.34. The second-order valence-electron chi connectivity index (χ2n) is 7.76. The van der Waals surface area contributed by atoms with Gasteiger partial charge < -0.3 is 20.1 Å². The minimum atomic E-state index is 0.321. The average molecular weight is 431 g/mol. The largest absolute Gasteiger partial charge is 0.493 e. The van der Waals surface area contributed by atoms with Crippen molar-refractivity contribution in [3.05, 3.63) is 54.7 Å². The molecule has 4 aromatic rings. The quantitative estimate of drug-likeness (QED) is 0.475. The van der Waals surface area contributed by atoms with Crippen molar-refractivity contribution in [3.63, 3.8) is 0 Å². The van der Waals surface area contributed by atoms with Crippen molar-refractivity contribution < 1.29 is 9.47 Å². The molecule has 0 unspecified atom stereocenters. The molecule has 0 amide bonds. The van der Waals surface area contributed by atoms with E-state index >= 15 is 0 Å². The van der Waals surface area contributed by atoms with E-state index in [0.29, 0.717) is 29.2 Å². The Morgan fingerprint density at radius 2 is 1.75 bits per heavy atom. The van der Waals surface area contributed by atoms with E-state index in [1.807, 2.05) is 54.7 Å². The van der Waals surface area contributed by atoms with Gasteiger partial charge in [0.15, 0.2) is 23.0 Å². The SMILES string of the molecule is COc1ccc(Nc2nc(-c3ccccc3)nc3c2cnn3C2CCNCC2)cc1OC. The molecule has 8 heteroatoms. The fourth-order valence-electron chi connectivity index (χ4n) is 4.11. The lowest BCUT2D eigenvalue weighted by atomic mass is 10.1. The molecule has 2 N–H and O–H groups in total. The summed E-state index contributed by atoms with van der Waals surface area (Å²) in [7, 11) is 3.25. The van der Waals surface area contributed by atoms with E-state index in [2.05, 4.69) is 15.3 Å². The standard InChI is InChI=1S/C24H26N6O2/c1-31-20-9-8-17(14-21(20)32-2)27-23-19-15-26-30(18-10-12-25-13-11-18)24(19)29-22(28-23)16-6-4-3-5-7-16/h3-9,14-15,18,25H,10-13H2,1-2H3,(H,27,28,29). The van der Waals surface area contributed by atoms with Crippen molar-refractivity contribution in [2.45, 2.75) is 18.9 Å². The maximum Gasteiger partial charge on any atom is 0.164 e. The zero-order valence-corrected chi connectivity index (χ0v) is 18.2. The van der Waals surface area contributed by atoms with Gasteiger partial charge >= 0.3 is 0 Å². The lowest BCUT2D eigenvalue weighted by Gasteiger charge is -2.23. The van der Waals surface area contributed by atoms with Crippen molar-refractivity contribution in [1.29, 1.82) is 0 Å². The maximum absolute atomic E-state index is 5.46. The van der Waals surface area contributed by atoms with Crippen molar-refractivity contribution in [2.75, 3.05) is 32.6 Å². The van der Waals surface area contributed by atoms with Crippen LogP contribution in [0.15, 0.2) is 54.7 Å². The second kappa shape index (κ2) is 8.84. The summed E-state index contributed by atoms with van der Waals surface area (Å²) in [4.78, 5) is 9.79. The van der Waals surface area contributed by atoms with E-state index in [1.165, 1.54) is 0 Å². The Morgan fingerprint density at radius 3 is 2.50 bits per heavy atom. The van der Waals surface area contributed by atoms with Crippen molar-refractivity contribution in [3.8, 4) is 22.9 Å². The van der Waals surface area contributed by atoms with Crippen LogP contribution in [0.1, 0.15) is 18.9 Å². The Morgan fingerprint density at radius 1 is 0.969 bits per heavy atom. The third kappa shape index (κ3) is 3.85. The van der Waals surface area contributed by atoms with Gasteiger partial charge in [-0.05, 0) is 38.1 Å². The minimum Gasteiger partial charge on any atom is -0.493 e. The Balaban J connectivity index is 1.61. The molecule has 1 aliphatic heterocycles. The zero-order chi connectivity index (χ0) is 21.9. The summed E-state index contributed by atoms with van der Waals surface area (Å²) in [6.07, 6.45) is 3.91. The molecule has 0 atom stereocenters. The van der Waals surface area contributed by atoms with Crippen LogP contribution in [0, 0.1) is 0 Å². The molecular weight excluding hydrogens is 404 g/mol. The van der Waals surface area contributed by atoms with Gasteiger partial charge in [-0.1, -0.05) is 30.3 Å². The number of hydrogen-bond acceptors (Lipinski definition) is 7. The number of nitrogens with zero attached hydrogens (tertiary/aromatic N) is 4. The van der Waals surface area contributed by atoms with Gasteiger partial charge in [0.1, 0.15) is 5.82 Å². The summed E-state index contributed by atoms with van der Waals surface area (Å²) < 4.78 is 12.9. The number of hydrogen-bond donors (Lipinski definition) is 2. The summed E-state index contributed by atoms with van der Waals surface area (Å²) in [6.45, 7) is 1.97. The van der Waals surface area contributed by atoms with Crippen LogP contribution < -0.4 is 20.1 Å². The van der Waals surface area contributed by atoms with Gasteiger partial charge in [0.2, 0.25) is 0 Å². The van der Waals surface area contributed by atoms with Crippen molar-refractivity contribution in [1.82, 2.24) is 25.1 Å². The number of ether oxygens (including phenoxy) is 2. The van der Waals surface area contributed by atoms with Gasteiger partial charge in [-0.15, -0.1) is 0 Å². The van der Waals surface area contributed by atoms with Gasteiger partial charge in [0.05, 0.1) is 31.8 Å². The number of anilines is 2. The zero-order valence-electron chi connectivity index (χ0n) is 18.2. The first-order valence-corrected chi connectivity index (χ1v) is 10.8. The summed E-state index contributed by atoms with van der Waals surface area (Å²) in [5.41, 5.74) is 2.65. The van der Waals surface area contributed by atoms with E-state index in [1.54, 1.807) is 14.2 Å². The first kappa shape index (κ1) is 20.3. The molecule has 8 nitrogen and oxygen atoms in total. The lowest BCUT2D eigenvalue weighted by Crippen LogP contribution is -2.30. The van der Waals surface area contributed by atoms with Gasteiger partial charge in [-0.3, -0.25) is 0 Å². The number of rotatable bonds is 6. The van der Waals surface area contributed by atoms with E-state index in [-0.39, 0.29) is 0 Å². The Hall–Kier alpha value is -3.65. The summed E-state index contributed by atoms with van der Waals surface area (Å²) in [5, 5.41) is 12.5. The number of aromatic nitrogens is 4. The second-order valence-corrected chi connectivity index (χ2v) is 7.76. The van der Waals surface area contributed by atoms with E-state index in [4.69, 9.17) is 24.5 Å². The van der Waals surface area contributed by atoms with E-state index < -0.39 is 0 Å². The predicted octanol–water partition coefficient (Wildman–Crippen LogP) is 4.18. The molecule has 0 aliphatic carbocycles. The first-order valence-electron chi connectivity index (χ1n) is 10.8. The van der Waals surface area contributed by atoms with Gasteiger partial charge in [-0.25, -0.2) is 14.6 Å². The van der Waals surface area contributed by atoms with E-state index in [9.17, 15) is 0 Å². The number of nitrogens with one attached hydrogen (secondary N) is 2. The number of piperidine rings is 1. The van der Waals surface area contributed by atoms with Crippen LogP contribution >= 0.6 is 0 Å². The molecule has 0 saturated carbocycles. The summed E-state index contributed by atoms with van der Waals surface area (Å²) in [6, 6.07) is 16.0. The third-order valence-corrected chi connectivity index (χ3v) is 5.79. The predicted molar refractivity (Wildman–Crippen MR) is 125 cm³/mol. The summed E-state index contributed by atoms with van der Waals surface area (Å²) in [5.74, 6) is 2.70. The molecule has 5 rings (SSSR count). The lowest BCUT2D eigenvalue weighted by molar-refractivity contribution is 0.350. The number of methoxy groups -OCH3 is 2. The summed E-state index contributed by atoms with van der Waals surface area (Å²) >= 11 is 0. The van der Waals surface area contributed by atoms with E-state index in [0.717, 1.165) is 48.2 Å². The van der Waals surface area contributed by atoms with Crippen LogP contribution in [0.25, 0.3) is 22.4 Å². The fourth-order valence-corrected chi connectivity index (χ4v) is 4.11. The molecule has 1 aliphatic rings. The third-order valence-electron chi connectivity index (χ3n) is 5.79. The minimum absolute atomic E-state index is 0.321. The first-order chi connectivity index (χ1) is 15.8. The van der Waals surface area contributed by atoms with Crippen LogP contribution in [0.5, 0.6) is 11.5 Å². The maximum atomic E-state index is 5.46. The number of benzene rings is 2. The average Bonchev–Trinajstić information content (AvgIpc) is 3.29. The normalized spacial score (nSPS) is 14.4. The van der Waals surface area contributed by atoms with Crippen LogP contribution in [0.3, 0.4) is 0 Å². The molecule has 0 spiro atoms. The van der Waals surface area contributed by atoms with Crippen LogP contribution in [-0.4, -0.2) is 47.1 Å². The highest BCUT2D eigenvalue weighted by atomic mass is 16.5. The molecule has 0 bridgehead atoms. The molecule has 0 radical (unpaired) electrons. The smallest absolute Gasteiger partial charge is 0.164 e. The van der Waals surface area contributed by atoms with Crippen molar-refractivity contribution in [2.24, 2.45) is 0 Å². The van der Waals surface area contributed by atoms with Gasteiger partial charge in [0, 0.05) is 17.3 Å². The molecule has 3 heterocycles. The molecule has 2 aromatic heterocycles. The molecule has 164 valence electrons. The number of fused-ring (bicyclic) bond motifs is 1. The van der Waals surface area contributed by atoms with Gasteiger partial charge in [-0.2, -0.15) is 5.10 Å². The van der Waals surface area contributed by atoms with Gasteiger partial charge in [0.25, 0.3) is 0 Å². The van der Waals surface area contributed by atoms with Crippen LogP contribution in [-0.2, 0) is 0 Å². The highest BCUT2D eigenvalue weighted by molar-refractivity contribution is 5.90. The molecular formula is C24H26N6O2. The van der Waals surface area contributed by atoms with Crippen molar-refractivity contribution >= 4 is 22.5 Å². The fraction of sp³-hybridized carbons (Fsp3) is 0.292. The molecule has 2 aromatic carbocycles. The topological polar surface area (TPSA) is 86.1 Å². The molecule has 1 saturated heterocycles. The Labute approximate surface area is 186 Å². The Kier molecular flexibility index (Phi) is 5.60. The Bertz CT molecular complexity index is 1220. The molecule has 32 heavy (non-hydrogen) atoms. The monoisotopic (exact) mass is 430 g/mol. The van der Waals surface area contributed by atoms with Crippen LogP contribution in [0.4, 0.5) is 11.5 Å². The van der Waals surface area contributed by atoms with Crippen LogP contribution in [0.2, 0.25) is 0 Å². The molecule has 1 fully saturated rings.